The number of ether oxygens (including phenoxy) is 5. The number of methoxy groups -OCH3 is 1. The van der Waals surface area contributed by atoms with Crippen molar-refractivity contribution in [2.75, 3.05) is 66.4 Å². The van der Waals surface area contributed by atoms with Crippen LogP contribution in [0, 0.1) is 0 Å². The van der Waals surface area contributed by atoms with E-state index in [1.165, 1.54) is 0 Å². The molecule has 12 nitrogen and oxygen atoms in total. The molecule has 2 aliphatic rings. The molecule has 0 spiro atoms. The van der Waals surface area contributed by atoms with Crippen molar-refractivity contribution in [1.29, 1.82) is 0 Å². The lowest BCUT2D eigenvalue weighted by Gasteiger charge is -2.33. The lowest BCUT2D eigenvalue weighted by Crippen LogP contribution is -2.48. The number of nitrogens with zero attached hydrogens (tertiary/aromatic N) is 2. The molecule has 0 bridgehead atoms. The molecule has 0 radical (unpaired) electrons. The maximum atomic E-state index is 14.2. The molecule has 0 aromatic heterocycles. The van der Waals surface area contributed by atoms with Crippen molar-refractivity contribution in [2.24, 2.45) is 0 Å². The molecule has 1 aliphatic heterocycles. The number of benzene rings is 3. The number of fused-ring (bicyclic) bond motifs is 1. The van der Waals surface area contributed by atoms with Crippen LogP contribution < -0.4 is 10.1 Å². The number of rotatable bonds is 20. The first-order valence-electron chi connectivity index (χ1n) is 19.0. The lowest BCUT2D eigenvalue weighted by atomic mass is 9.97. The van der Waals surface area contributed by atoms with E-state index in [2.05, 4.69) is 10.2 Å². The molecule has 1 aliphatic carbocycles. The number of amides is 2. The van der Waals surface area contributed by atoms with Gasteiger partial charge in [0.25, 0.3) is 0 Å². The van der Waals surface area contributed by atoms with Crippen molar-refractivity contribution in [3.8, 4) is 5.75 Å². The Labute approximate surface area is 319 Å². The second-order valence-electron chi connectivity index (χ2n) is 14.6. The molecule has 5 rings (SSSR count). The summed E-state index contributed by atoms with van der Waals surface area (Å²) in [4.78, 5) is 31.4. The van der Waals surface area contributed by atoms with Crippen molar-refractivity contribution in [3.63, 3.8) is 0 Å². The third-order valence-corrected chi connectivity index (χ3v) is 9.85. The summed E-state index contributed by atoms with van der Waals surface area (Å²) >= 11 is 0. The van der Waals surface area contributed by atoms with Gasteiger partial charge in [-0.05, 0) is 61.1 Å². The standard InChI is InChI=1S/C42H57N3O9/c1-42(2,30-52-26-25-50-3)54-41(49)43-36(27-31-9-5-4-6-10-31)37(46)17-18-39(48)45(40-35-12-8-7-11-33(35)28-38(40)47)29-32-13-15-34(16-14-32)53-24-21-44-19-22-51-23-20-44/h4-16,36-38,40,46-47H,17-30H2,1-3H3,(H,43,49)/t36-,37-,38+,40-/m0/s1. The SMILES string of the molecule is COCCOCC(C)(C)OC(=O)N[C@@H](Cc1ccccc1)[C@@H](O)CCC(=O)N(Cc1ccc(OCCN2CCOCC2)cc1)[C@H]1c2ccccc2C[C@H]1O. The molecule has 3 N–H and O–H groups in total. The van der Waals surface area contributed by atoms with E-state index in [1.807, 2.05) is 78.9 Å². The fourth-order valence-electron chi connectivity index (χ4n) is 6.96. The summed E-state index contributed by atoms with van der Waals surface area (Å²) < 4.78 is 27.7. The highest BCUT2D eigenvalue weighted by molar-refractivity contribution is 5.77. The van der Waals surface area contributed by atoms with Gasteiger partial charge in [0.15, 0.2) is 0 Å². The summed E-state index contributed by atoms with van der Waals surface area (Å²) in [6, 6.07) is 23.8. The van der Waals surface area contributed by atoms with Crippen LogP contribution in [0.1, 0.15) is 55.0 Å². The number of carbonyl (C=O) groups excluding carboxylic acids is 2. The first kappa shape index (κ1) is 41.1. The highest BCUT2D eigenvalue weighted by atomic mass is 16.6. The molecular formula is C42H57N3O9. The fourth-order valence-corrected chi connectivity index (χ4v) is 6.96. The highest BCUT2D eigenvalue weighted by Gasteiger charge is 2.38. The van der Waals surface area contributed by atoms with Gasteiger partial charge in [-0.15, -0.1) is 0 Å². The number of carbonyl (C=O) groups is 2. The number of aliphatic hydroxyl groups excluding tert-OH is 2. The van der Waals surface area contributed by atoms with E-state index in [9.17, 15) is 19.8 Å². The van der Waals surface area contributed by atoms with Crippen molar-refractivity contribution in [3.05, 3.63) is 101 Å². The number of nitrogens with one attached hydrogen (secondary N) is 1. The van der Waals surface area contributed by atoms with E-state index in [1.54, 1.807) is 25.9 Å². The minimum absolute atomic E-state index is 0.00383. The smallest absolute Gasteiger partial charge is 0.408 e. The normalized spacial score (nSPS) is 18.4. The van der Waals surface area contributed by atoms with Gasteiger partial charge >= 0.3 is 6.09 Å². The number of hydrogen-bond donors (Lipinski definition) is 3. The molecule has 2 amide bonds. The quantitative estimate of drug-likeness (QED) is 0.144. The monoisotopic (exact) mass is 747 g/mol. The number of morpholine rings is 1. The zero-order valence-electron chi connectivity index (χ0n) is 31.9. The molecular weight excluding hydrogens is 690 g/mol. The Kier molecular flexibility index (Phi) is 15.7. The summed E-state index contributed by atoms with van der Waals surface area (Å²) in [5.74, 6) is 0.535. The Hall–Kier alpha value is -4.04. The van der Waals surface area contributed by atoms with Crippen LogP contribution in [0.25, 0.3) is 0 Å². The summed E-state index contributed by atoms with van der Waals surface area (Å²) in [6.45, 7) is 9.40. The predicted molar refractivity (Wildman–Crippen MR) is 204 cm³/mol. The molecule has 0 unspecified atom stereocenters. The Bertz CT molecular complexity index is 1580. The molecule has 3 aromatic rings. The molecule has 1 fully saturated rings. The Morgan fingerprint density at radius 3 is 2.43 bits per heavy atom. The molecule has 294 valence electrons. The van der Waals surface area contributed by atoms with Crippen molar-refractivity contribution >= 4 is 12.0 Å². The molecule has 4 atom stereocenters. The molecule has 1 saturated heterocycles. The molecule has 0 saturated carbocycles. The lowest BCUT2D eigenvalue weighted by molar-refractivity contribution is -0.137. The largest absolute Gasteiger partial charge is 0.492 e. The van der Waals surface area contributed by atoms with Gasteiger partial charge in [0.1, 0.15) is 18.0 Å². The summed E-state index contributed by atoms with van der Waals surface area (Å²) in [5.41, 5.74) is 2.80. The Morgan fingerprint density at radius 1 is 0.963 bits per heavy atom. The van der Waals surface area contributed by atoms with Gasteiger partial charge in [-0.1, -0.05) is 66.7 Å². The van der Waals surface area contributed by atoms with Gasteiger partial charge in [0, 0.05) is 46.1 Å². The third kappa shape index (κ3) is 12.5. The minimum Gasteiger partial charge on any atom is -0.492 e. The molecule has 1 heterocycles. The van der Waals surface area contributed by atoms with Crippen LogP contribution in [0.3, 0.4) is 0 Å². The summed E-state index contributed by atoms with van der Waals surface area (Å²) in [6.07, 6.45) is -1.69. The average molecular weight is 748 g/mol. The number of hydrogen-bond acceptors (Lipinski definition) is 10. The van der Waals surface area contributed by atoms with Crippen LogP contribution in [0.5, 0.6) is 5.75 Å². The van der Waals surface area contributed by atoms with Crippen molar-refractivity contribution < 1.29 is 43.5 Å². The minimum atomic E-state index is -1.07. The average Bonchev–Trinajstić information content (AvgIpc) is 3.50. The zero-order valence-corrected chi connectivity index (χ0v) is 31.9. The number of aliphatic hydroxyl groups is 2. The van der Waals surface area contributed by atoms with Crippen LogP contribution in [0.2, 0.25) is 0 Å². The van der Waals surface area contributed by atoms with E-state index >= 15 is 0 Å². The summed E-state index contributed by atoms with van der Waals surface area (Å²) in [5, 5.41) is 25.7. The van der Waals surface area contributed by atoms with Crippen molar-refractivity contribution in [2.45, 2.75) is 76.0 Å². The molecule has 12 heteroatoms. The predicted octanol–water partition coefficient (Wildman–Crippen LogP) is 4.30. The topological polar surface area (TPSA) is 139 Å². The summed E-state index contributed by atoms with van der Waals surface area (Å²) in [7, 11) is 1.59. The number of alkyl carbamates (subject to hydrolysis) is 1. The van der Waals surface area contributed by atoms with E-state index in [0.29, 0.717) is 32.7 Å². The second kappa shape index (κ2) is 20.6. The second-order valence-corrected chi connectivity index (χ2v) is 14.6. The van der Waals surface area contributed by atoms with Crippen molar-refractivity contribution in [1.82, 2.24) is 15.1 Å². The van der Waals surface area contributed by atoms with Crippen LogP contribution in [0.15, 0.2) is 78.9 Å². The maximum absolute atomic E-state index is 14.2. The van der Waals surface area contributed by atoms with E-state index < -0.39 is 36.0 Å². The molecule has 54 heavy (non-hydrogen) atoms. The fraction of sp³-hybridized carbons (Fsp3) is 0.524. The highest BCUT2D eigenvalue weighted by Crippen LogP contribution is 2.37. The van der Waals surface area contributed by atoms with Crippen LogP contribution >= 0.6 is 0 Å². The van der Waals surface area contributed by atoms with E-state index in [4.69, 9.17) is 23.7 Å². The Balaban J connectivity index is 1.25. The van der Waals surface area contributed by atoms with Gasteiger partial charge in [-0.3, -0.25) is 9.69 Å². The third-order valence-electron chi connectivity index (χ3n) is 9.85. The zero-order chi connectivity index (χ0) is 38.3. The van der Waals surface area contributed by atoms with Gasteiger partial charge in [0.05, 0.1) is 57.3 Å². The Morgan fingerprint density at radius 2 is 1.69 bits per heavy atom. The van der Waals surface area contributed by atoms with Crippen LogP contribution in [-0.4, -0.2) is 122 Å². The first-order valence-corrected chi connectivity index (χ1v) is 19.0. The van der Waals surface area contributed by atoms with Gasteiger partial charge in [0.2, 0.25) is 5.91 Å². The van der Waals surface area contributed by atoms with Crippen LogP contribution in [-0.2, 0) is 43.1 Å². The first-order chi connectivity index (χ1) is 26.1. The van der Waals surface area contributed by atoms with Gasteiger partial charge < -0.3 is 44.1 Å². The maximum Gasteiger partial charge on any atom is 0.408 e. The van der Waals surface area contributed by atoms with Gasteiger partial charge in [-0.25, -0.2) is 4.79 Å². The van der Waals surface area contributed by atoms with E-state index in [-0.39, 0.29) is 31.9 Å². The molecule has 3 aromatic carbocycles. The van der Waals surface area contributed by atoms with Crippen LogP contribution in [0.4, 0.5) is 4.79 Å². The van der Waals surface area contributed by atoms with Gasteiger partial charge in [-0.2, -0.15) is 0 Å². The van der Waals surface area contributed by atoms with E-state index in [0.717, 1.165) is 60.9 Å².